The third-order valence-electron chi connectivity index (χ3n) is 2.88. The van der Waals surface area contributed by atoms with Gasteiger partial charge < -0.3 is 4.74 Å². The van der Waals surface area contributed by atoms with Crippen molar-refractivity contribution in [3.63, 3.8) is 0 Å². The minimum Gasteiger partial charge on any atom is -0.354 e. The van der Waals surface area contributed by atoms with E-state index in [4.69, 9.17) is 21.2 Å². The zero-order valence-electron chi connectivity index (χ0n) is 12.2. The van der Waals surface area contributed by atoms with E-state index in [1.54, 1.807) is 31.5 Å². The van der Waals surface area contributed by atoms with Gasteiger partial charge in [0.2, 0.25) is 0 Å². The highest BCUT2D eigenvalue weighted by atomic mass is 35.5. The summed E-state index contributed by atoms with van der Waals surface area (Å²) >= 11 is 6.12. The fourth-order valence-corrected chi connectivity index (χ4v) is 1.96. The molecule has 0 saturated heterocycles. The van der Waals surface area contributed by atoms with Crippen LogP contribution in [0.4, 0.5) is 4.39 Å². The molecule has 0 amide bonds. The Balaban J connectivity index is 2.34. The predicted octanol–water partition coefficient (Wildman–Crippen LogP) is 3.89. The maximum absolute atomic E-state index is 13.2. The van der Waals surface area contributed by atoms with Gasteiger partial charge in [-0.25, -0.2) is 9.23 Å². The molecule has 0 saturated carbocycles. The number of hydrogen-bond acceptors (Lipinski definition) is 4. The van der Waals surface area contributed by atoms with Gasteiger partial charge in [0.25, 0.3) is 0 Å². The molecule has 0 spiro atoms. The van der Waals surface area contributed by atoms with E-state index in [-0.39, 0.29) is 5.02 Å². The number of nitrogens with one attached hydrogen (secondary N) is 1. The van der Waals surface area contributed by atoms with E-state index in [1.165, 1.54) is 19.2 Å². The average Bonchev–Trinajstić information content (AvgIpc) is 2.52. The zero-order valence-corrected chi connectivity index (χ0v) is 13.0. The quantitative estimate of drug-likeness (QED) is 0.647. The molecule has 1 heterocycles. The number of hydroxylamine groups is 1. The van der Waals surface area contributed by atoms with Crippen LogP contribution in [0.25, 0.3) is 11.8 Å². The van der Waals surface area contributed by atoms with E-state index < -0.39 is 12.1 Å². The van der Waals surface area contributed by atoms with Gasteiger partial charge in [-0.15, -0.1) is 0 Å². The van der Waals surface area contributed by atoms with Crippen LogP contribution in [0.1, 0.15) is 18.1 Å². The number of ether oxygens (including phenoxy) is 1. The number of aromatic nitrogens is 1. The van der Waals surface area contributed by atoms with Crippen LogP contribution < -0.4 is 5.48 Å². The van der Waals surface area contributed by atoms with Gasteiger partial charge in [0.1, 0.15) is 5.82 Å². The van der Waals surface area contributed by atoms with Crippen LogP contribution in [-0.4, -0.2) is 18.4 Å². The van der Waals surface area contributed by atoms with Crippen molar-refractivity contribution in [1.29, 1.82) is 0 Å². The van der Waals surface area contributed by atoms with Crippen LogP contribution in [-0.2, 0) is 9.57 Å². The number of halogens is 2. The molecule has 2 aromatic rings. The van der Waals surface area contributed by atoms with Crippen LogP contribution >= 0.6 is 11.6 Å². The van der Waals surface area contributed by atoms with Crippen molar-refractivity contribution >= 4 is 23.4 Å². The molecule has 0 fully saturated rings. The van der Waals surface area contributed by atoms with Gasteiger partial charge in [0.05, 0.1) is 10.7 Å². The van der Waals surface area contributed by atoms with Gasteiger partial charge in [-0.1, -0.05) is 17.7 Å². The highest BCUT2D eigenvalue weighted by Crippen LogP contribution is 2.25. The van der Waals surface area contributed by atoms with Crippen LogP contribution in [0, 0.1) is 5.82 Å². The minimum absolute atomic E-state index is 0.274. The predicted molar refractivity (Wildman–Crippen MR) is 84.2 cm³/mol. The first-order valence-corrected chi connectivity index (χ1v) is 6.99. The lowest BCUT2D eigenvalue weighted by molar-refractivity contribution is -0.138. The summed E-state index contributed by atoms with van der Waals surface area (Å²) in [4.78, 5) is 9.40. The maximum Gasteiger partial charge on any atom is 0.180 e. The summed E-state index contributed by atoms with van der Waals surface area (Å²) in [5, 5.41) is 0.274. The molecule has 1 N–H and O–H groups in total. The summed E-state index contributed by atoms with van der Waals surface area (Å²) in [5.74, 6) is -0.402. The summed E-state index contributed by atoms with van der Waals surface area (Å²) in [6, 6.07) is 7.85. The van der Waals surface area contributed by atoms with Gasteiger partial charge in [-0.05, 0) is 42.8 Å². The fraction of sp³-hybridized carbons (Fsp3) is 0.188. The lowest BCUT2D eigenvalue weighted by Crippen LogP contribution is -2.22. The first-order valence-electron chi connectivity index (χ1n) is 6.61. The second-order valence-corrected chi connectivity index (χ2v) is 4.90. The molecule has 0 bridgehead atoms. The van der Waals surface area contributed by atoms with Gasteiger partial charge in [0, 0.05) is 25.1 Å². The fourth-order valence-electron chi connectivity index (χ4n) is 1.69. The first kappa shape index (κ1) is 16.4. The van der Waals surface area contributed by atoms with Crippen molar-refractivity contribution < 1.29 is 14.0 Å². The number of benzene rings is 1. The van der Waals surface area contributed by atoms with Crippen LogP contribution in [0.3, 0.4) is 0 Å². The van der Waals surface area contributed by atoms with Gasteiger partial charge in [0.15, 0.2) is 6.29 Å². The van der Waals surface area contributed by atoms with E-state index in [1.807, 2.05) is 12.1 Å². The smallest absolute Gasteiger partial charge is 0.180 e. The monoisotopic (exact) mass is 322 g/mol. The molecule has 0 aliphatic carbocycles. The van der Waals surface area contributed by atoms with E-state index in [0.29, 0.717) is 11.3 Å². The highest BCUT2D eigenvalue weighted by molar-refractivity contribution is 6.32. The molecular formula is C16H16ClFN2O2. The standard InChI is InChI=1S/C16H16ClFN2O2/c1-11(21-2)22-20-16(8-12-4-3-7-19-10-12)14-6-5-13(18)9-15(14)17/h3-11,20H,1-2H3. The van der Waals surface area contributed by atoms with Crippen LogP contribution in [0.15, 0.2) is 42.7 Å². The van der Waals surface area contributed by atoms with Crippen LogP contribution in [0.2, 0.25) is 5.02 Å². The Kier molecular flexibility index (Phi) is 5.89. The third kappa shape index (κ3) is 4.53. The topological polar surface area (TPSA) is 43.4 Å². The summed E-state index contributed by atoms with van der Waals surface area (Å²) < 4.78 is 18.2. The molecule has 0 radical (unpaired) electrons. The molecule has 0 aliphatic rings. The van der Waals surface area contributed by atoms with E-state index in [0.717, 1.165) is 5.56 Å². The molecule has 6 heteroatoms. The third-order valence-corrected chi connectivity index (χ3v) is 3.20. The Morgan fingerprint density at radius 2 is 2.23 bits per heavy atom. The maximum atomic E-state index is 13.2. The largest absolute Gasteiger partial charge is 0.354 e. The molecule has 1 aromatic heterocycles. The highest BCUT2D eigenvalue weighted by Gasteiger charge is 2.10. The van der Waals surface area contributed by atoms with E-state index >= 15 is 0 Å². The van der Waals surface area contributed by atoms with E-state index in [9.17, 15) is 4.39 Å². The second-order valence-electron chi connectivity index (χ2n) is 4.49. The Morgan fingerprint density at radius 1 is 1.41 bits per heavy atom. The molecule has 2 rings (SSSR count). The molecule has 1 atom stereocenters. The van der Waals surface area contributed by atoms with Crippen LogP contribution in [0.5, 0.6) is 0 Å². The molecule has 0 aliphatic heterocycles. The van der Waals surface area contributed by atoms with Gasteiger partial charge in [-0.2, -0.15) is 0 Å². The molecule has 1 unspecified atom stereocenters. The number of rotatable bonds is 6. The summed E-state index contributed by atoms with van der Waals surface area (Å²) in [7, 11) is 1.53. The van der Waals surface area contributed by atoms with Gasteiger partial charge in [-0.3, -0.25) is 10.5 Å². The molecule has 4 nitrogen and oxygen atoms in total. The number of hydrogen-bond donors (Lipinski definition) is 1. The summed E-state index contributed by atoms with van der Waals surface area (Å²) in [5.41, 5.74) is 4.82. The SMILES string of the molecule is COC(C)ONC(=Cc1cccnc1)c1ccc(F)cc1Cl. The Bertz CT molecular complexity index is 650. The van der Waals surface area contributed by atoms with Gasteiger partial charge >= 0.3 is 0 Å². The van der Waals surface area contributed by atoms with Crippen molar-refractivity contribution in [3.8, 4) is 0 Å². The minimum atomic E-state index is -0.462. The zero-order chi connectivity index (χ0) is 15.9. The van der Waals surface area contributed by atoms with Crippen molar-refractivity contribution in [2.75, 3.05) is 7.11 Å². The van der Waals surface area contributed by atoms with E-state index in [2.05, 4.69) is 10.5 Å². The van der Waals surface area contributed by atoms with Crippen molar-refractivity contribution in [2.24, 2.45) is 0 Å². The molecule has 22 heavy (non-hydrogen) atoms. The summed E-state index contributed by atoms with van der Waals surface area (Å²) in [6.45, 7) is 1.74. The molecular weight excluding hydrogens is 307 g/mol. The normalized spacial score (nSPS) is 13.0. The number of nitrogens with zero attached hydrogens (tertiary/aromatic N) is 1. The Morgan fingerprint density at radius 3 is 2.86 bits per heavy atom. The summed E-state index contributed by atoms with van der Waals surface area (Å²) in [6.07, 6.45) is 4.71. The molecule has 116 valence electrons. The second kappa shape index (κ2) is 7.89. The molecule has 1 aromatic carbocycles. The van der Waals surface area contributed by atoms with Crippen molar-refractivity contribution in [1.82, 2.24) is 10.5 Å². The van der Waals surface area contributed by atoms with Crippen molar-refractivity contribution in [2.45, 2.75) is 13.2 Å². The number of methoxy groups -OCH3 is 1. The Hall–Kier alpha value is -1.95. The Labute approximate surface area is 133 Å². The lowest BCUT2D eigenvalue weighted by Gasteiger charge is -2.16. The number of pyridine rings is 1. The van der Waals surface area contributed by atoms with Crippen molar-refractivity contribution in [3.05, 3.63) is 64.7 Å². The average molecular weight is 323 g/mol. The lowest BCUT2D eigenvalue weighted by atomic mass is 10.1. The first-order chi connectivity index (χ1) is 10.6.